The third-order valence-electron chi connectivity index (χ3n) is 4.60. The molecule has 3 heterocycles. The minimum absolute atomic E-state index is 0.104. The van der Waals surface area contributed by atoms with E-state index in [1.54, 1.807) is 30.8 Å². The van der Waals surface area contributed by atoms with E-state index in [0.717, 1.165) is 0 Å². The van der Waals surface area contributed by atoms with Crippen molar-refractivity contribution in [2.24, 2.45) is 0 Å². The highest BCUT2D eigenvalue weighted by Crippen LogP contribution is 2.26. The highest BCUT2D eigenvalue weighted by Gasteiger charge is 2.25. The van der Waals surface area contributed by atoms with Crippen LogP contribution < -0.4 is 10.6 Å². The molecule has 1 amide bonds. The second-order valence-electron chi connectivity index (χ2n) is 6.55. The molecule has 0 saturated carbocycles. The van der Waals surface area contributed by atoms with Gasteiger partial charge in [-0.15, -0.1) is 0 Å². The maximum atomic E-state index is 14.0. The summed E-state index contributed by atoms with van der Waals surface area (Å²) in [6.07, 6.45) is 1.33. The van der Waals surface area contributed by atoms with Gasteiger partial charge in [0, 0.05) is 32.6 Å². The van der Waals surface area contributed by atoms with Crippen molar-refractivity contribution in [1.82, 2.24) is 29.2 Å². The predicted octanol–water partition coefficient (Wildman–Crippen LogP) is 0.235. The van der Waals surface area contributed by atoms with Crippen molar-refractivity contribution in [2.75, 3.05) is 25.5 Å². The van der Waals surface area contributed by atoms with E-state index in [1.807, 2.05) is 4.90 Å². The number of fused-ring (bicyclic) bond motifs is 2. The lowest BCUT2D eigenvalue weighted by Gasteiger charge is -2.28. The maximum Gasteiger partial charge on any atom is 0.346 e. The Morgan fingerprint density at radius 1 is 1.26 bits per heavy atom. The molecule has 140 valence electrons. The highest BCUT2D eigenvalue weighted by atomic mass is 19.1. The van der Waals surface area contributed by atoms with Gasteiger partial charge in [0.25, 0.3) is 0 Å². The van der Waals surface area contributed by atoms with Crippen LogP contribution in [0.15, 0.2) is 29.3 Å². The fourth-order valence-electron chi connectivity index (χ4n) is 3.14. The quantitative estimate of drug-likeness (QED) is 0.655. The number of carbonyl (C=O) groups is 1. The number of likely N-dealkylation sites (N-methyl/N-ethyl adjacent to an activating group) is 1. The molecule has 0 saturated heterocycles. The third-order valence-corrected chi connectivity index (χ3v) is 4.60. The topological polar surface area (TPSA) is 89.2 Å². The van der Waals surface area contributed by atoms with Crippen LogP contribution in [-0.2, 0) is 24.4 Å². The monoisotopic (exact) mass is 371 g/mol. The molecule has 2 aromatic heterocycles. The average molecular weight is 371 g/mol. The van der Waals surface area contributed by atoms with Crippen LogP contribution in [0.25, 0.3) is 10.9 Å². The summed E-state index contributed by atoms with van der Waals surface area (Å²) >= 11 is 0. The van der Waals surface area contributed by atoms with Crippen LogP contribution in [0, 0.1) is 5.82 Å². The van der Waals surface area contributed by atoms with E-state index in [4.69, 9.17) is 0 Å². The molecule has 1 aromatic carbocycles. The van der Waals surface area contributed by atoms with Gasteiger partial charge in [0.05, 0.1) is 6.54 Å². The molecular formula is C17H18FN7O2. The lowest BCUT2D eigenvalue weighted by atomic mass is 10.2. The molecule has 27 heavy (non-hydrogen) atoms. The number of amides is 1. The van der Waals surface area contributed by atoms with Crippen molar-refractivity contribution in [1.29, 1.82) is 0 Å². The van der Waals surface area contributed by atoms with Crippen LogP contribution in [0.4, 0.5) is 10.2 Å². The zero-order valence-electron chi connectivity index (χ0n) is 15.0. The van der Waals surface area contributed by atoms with Crippen LogP contribution >= 0.6 is 0 Å². The highest BCUT2D eigenvalue weighted by molar-refractivity contribution is 5.89. The second kappa shape index (κ2) is 6.45. The third kappa shape index (κ3) is 2.92. The zero-order valence-corrected chi connectivity index (χ0v) is 15.0. The number of benzene rings is 1. The van der Waals surface area contributed by atoms with Crippen molar-refractivity contribution in [3.63, 3.8) is 0 Å². The minimum Gasteiger partial charge on any atom is -0.347 e. The van der Waals surface area contributed by atoms with Crippen molar-refractivity contribution < 1.29 is 9.18 Å². The van der Waals surface area contributed by atoms with Crippen LogP contribution in [0.2, 0.25) is 0 Å². The number of para-hydroxylation sites is 1. The Labute approximate surface area is 153 Å². The van der Waals surface area contributed by atoms with Crippen molar-refractivity contribution >= 4 is 22.6 Å². The Bertz CT molecular complexity index is 1090. The summed E-state index contributed by atoms with van der Waals surface area (Å²) in [6, 6.07) is 4.74. The molecule has 1 aliphatic heterocycles. The van der Waals surface area contributed by atoms with Crippen molar-refractivity contribution in [3.8, 4) is 0 Å². The van der Waals surface area contributed by atoms with Gasteiger partial charge in [-0.3, -0.25) is 9.36 Å². The molecule has 4 rings (SSSR count). The molecule has 0 atom stereocenters. The molecule has 0 aliphatic carbocycles. The van der Waals surface area contributed by atoms with Gasteiger partial charge in [0.15, 0.2) is 5.82 Å². The molecule has 0 N–H and O–H groups in total. The lowest BCUT2D eigenvalue weighted by Crippen LogP contribution is -2.38. The first-order valence-electron chi connectivity index (χ1n) is 8.46. The summed E-state index contributed by atoms with van der Waals surface area (Å²) < 4.78 is 16.7. The van der Waals surface area contributed by atoms with Crippen LogP contribution in [-0.4, -0.2) is 55.8 Å². The van der Waals surface area contributed by atoms with E-state index in [1.165, 1.54) is 22.0 Å². The van der Waals surface area contributed by atoms with E-state index >= 15 is 0 Å². The number of hydrogen-bond donors (Lipinski definition) is 0. The first kappa shape index (κ1) is 17.1. The van der Waals surface area contributed by atoms with Crippen LogP contribution in [0.3, 0.4) is 0 Å². The molecule has 0 spiro atoms. The van der Waals surface area contributed by atoms with E-state index < -0.39 is 5.82 Å². The number of carbonyl (C=O) groups excluding carboxylic acids is 1. The number of anilines is 1. The van der Waals surface area contributed by atoms with E-state index in [0.29, 0.717) is 36.7 Å². The number of hydrogen-bond acceptors (Lipinski definition) is 6. The molecular weight excluding hydrogens is 353 g/mol. The molecule has 0 fully saturated rings. The fraction of sp³-hybridized carbons (Fsp3) is 0.353. The smallest absolute Gasteiger partial charge is 0.346 e. The van der Waals surface area contributed by atoms with Gasteiger partial charge >= 0.3 is 5.69 Å². The first-order chi connectivity index (χ1) is 13.0. The normalized spacial score (nSPS) is 13.7. The molecule has 3 aromatic rings. The summed E-state index contributed by atoms with van der Waals surface area (Å²) in [5.74, 6) is 0.524. The minimum atomic E-state index is -0.406. The Hall–Kier alpha value is -3.30. The van der Waals surface area contributed by atoms with Gasteiger partial charge in [-0.05, 0) is 12.1 Å². The summed E-state index contributed by atoms with van der Waals surface area (Å²) in [7, 11) is 3.26. The summed E-state index contributed by atoms with van der Waals surface area (Å²) in [6.45, 7) is 1.16. The van der Waals surface area contributed by atoms with Gasteiger partial charge in [-0.25, -0.2) is 23.8 Å². The van der Waals surface area contributed by atoms with Crippen LogP contribution in [0.5, 0.6) is 0 Å². The number of nitrogens with zero attached hydrogens (tertiary/aromatic N) is 7. The van der Waals surface area contributed by atoms with Crippen molar-refractivity contribution in [3.05, 3.63) is 46.7 Å². The standard InChI is InChI=1S/C17H18FN7O2/c1-22(2)14(26)9-25-17(27)24-7-6-23(8-13(24)21-25)16-11-4-3-5-12(18)15(11)19-10-20-16/h3-5,10H,6-9H2,1-2H3. The maximum absolute atomic E-state index is 14.0. The molecule has 10 heteroatoms. The lowest BCUT2D eigenvalue weighted by molar-refractivity contribution is -0.129. The van der Waals surface area contributed by atoms with E-state index in [9.17, 15) is 14.0 Å². The zero-order chi connectivity index (χ0) is 19.1. The first-order valence-corrected chi connectivity index (χ1v) is 8.46. The van der Waals surface area contributed by atoms with Gasteiger partial charge < -0.3 is 9.80 Å². The summed E-state index contributed by atoms with van der Waals surface area (Å²) in [4.78, 5) is 36.0. The Morgan fingerprint density at radius 3 is 2.85 bits per heavy atom. The second-order valence-corrected chi connectivity index (χ2v) is 6.55. The molecule has 0 bridgehead atoms. The van der Waals surface area contributed by atoms with Gasteiger partial charge in [-0.2, -0.15) is 5.10 Å². The van der Waals surface area contributed by atoms with Crippen molar-refractivity contribution in [2.45, 2.75) is 19.6 Å². The van der Waals surface area contributed by atoms with E-state index in [-0.39, 0.29) is 23.7 Å². The van der Waals surface area contributed by atoms with Gasteiger partial charge in [0.1, 0.15) is 30.0 Å². The predicted molar refractivity (Wildman–Crippen MR) is 95.7 cm³/mol. The number of rotatable bonds is 3. The molecule has 9 nitrogen and oxygen atoms in total. The largest absolute Gasteiger partial charge is 0.347 e. The molecule has 1 aliphatic rings. The van der Waals surface area contributed by atoms with E-state index in [2.05, 4.69) is 15.1 Å². The Balaban J connectivity index is 1.67. The summed E-state index contributed by atoms with van der Waals surface area (Å²) in [5, 5.41) is 4.91. The fourth-order valence-corrected chi connectivity index (χ4v) is 3.14. The number of aromatic nitrogens is 5. The SMILES string of the molecule is CN(C)C(=O)Cn1nc2n(c1=O)CCN(c1ncnc3c(F)cccc13)C2. The Kier molecular flexibility index (Phi) is 4.09. The Morgan fingerprint density at radius 2 is 2.07 bits per heavy atom. The number of halogens is 1. The van der Waals surface area contributed by atoms with Gasteiger partial charge in [-0.1, -0.05) is 6.07 Å². The van der Waals surface area contributed by atoms with Gasteiger partial charge in [0.2, 0.25) is 5.91 Å². The van der Waals surface area contributed by atoms with Crippen LogP contribution in [0.1, 0.15) is 5.82 Å². The average Bonchev–Trinajstić information content (AvgIpc) is 2.96. The molecule has 0 unspecified atom stereocenters. The summed E-state index contributed by atoms with van der Waals surface area (Å²) in [5.41, 5.74) is -0.0500. The molecule has 0 radical (unpaired) electrons.